The molecule has 1 fully saturated rings. The van der Waals surface area contributed by atoms with Crippen LogP contribution in [0.15, 0.2) is 0 Å². The number of likely N-dealkylation sites (N-methyl/N-ethyl adjacent to an activating group) is 1. The Kier molecular flexibility index (Phi) is 3.63. The predicted octanol–water partition coefficient (Wildman–Crippen LogP) is 2.04. The maximum atomic E-state index is 9.14. The van der Waals surface area contributed by atoms with Gasteiger partial charge in [0, 0.05) is 18.3 Å². The van der Waals surface area contributed by atoms with Crippen molar-refractivity contribution < 1.29 is 0 Å². The number of nitriles is 1. The van der Waals surface area contributed by atoms with Crippen molar-refractivity contribution in [1.82, 2.24) is 9.47 Å². The van der Waals surface area contributed by atoms with Crippen molar-refractivity contribution in [2.75, 3.05) is 18.8 Å². The number of hydrogen-bond donors (Lipinski definition) is 1. The normalized spacial score (nSPS) is 20.2. The Hall–Kier alpha value is -1.47. The topological polar surface area (TPSA) is 58.0 Å². The van der Waals surface area contributed by atoms with Crippen LogP contribution in [0.25, 0.3) is 0 Å². The summed E-state index contributed by atoms with van der Waals surface area (Å²) in [7, 11) is 0. The van der Waals surface area contributed by atoms with Gasteiger partial charge in [0.25, 0.3) is 0 Å². The average Bonchev–Trinajstić information content (AvgIpc) is 2.89. The molecular weight excluding hydrogens is 224 g/mol. The smallest absolute Gasteiger partial charge is 0.122 e. The third-order valence-electron chi connectivity index (χ3n) is 4.28. The first kappa shape index (κ1) is 13.0. The van der Waals surface area contributed by atoms with E-state index in [2.05, 4.69) is 29.4 Å². The van der Waals surface area contributed by atoms with Crippen molar-refractivity contribution in [2.45, 2.75) is 46.2 Å². The molecule has 1 saturated heterocycles. The maximum Gasteiger partial charge on any atom is 0.122 e. The highest BCUT2D eigenvalue weighted by molar-refractivity contribution is 5.57. The minimum atomic E-state index is 0.564. The van der Waals surface area contributed by atoms with Gasteiger partial charge in [-0.1, -0.05) is 6.92 Å². The molecule has 0 spiro atoms. The summed E-state index contributed by atoms with van der Waals surface area (Å²) in [6.07, 6.45) is 2.49. The van der Waals surface area contributed by atoms with E-state index in [9.17, 15) is 0 Å². The van der Waals surface area contributed by atoms with Gasteiger partial charge in [0.1, 0.15) is 11.9 Å². The van der Waals surface area contributed by atoms with E-state index < -0.39 is 0 Å². The molecule has 0 saturated carbocycles. The molecule has 0 unspecified atom stereocenters. The van der Waals surface area contributed by atoms with Crippen LogP contribution < -0.4 is 5.73 Å². The van der Waals surface area contributed by atoms with Crippen LogP contribution >= 0.6 is 0 Å². The average molecular weight is 246 g/mol. The van der Waals surface area contributed by atoms with Crippen LogP contribution in [-0.2, 0) is 6.54 Å². The molecular formula is C14H22N4. The summed E-state index contributed by atoms with van der Waals surface area (Å²) in [5.74, 6) is 0.635. The van der Waals surface area contributed by atoms with Crippen LogP contribution in [0.1, 0.15) is 36.6 Å². The molecule has 2 N–H and O–H groups in total. The molecule has 0 amide bonds. The van der Waals surface area contributed by atoms with E-state index in [0.29, 0.717) is 17.4 Å². The SMILES string of the molecule is CCN1CCC[C@H]1Cn1c(C)c(C)c(C#N)c1N. The summed E-state index contributed by atoms with van der Waals surface area (Å²) >= 11 is 0. The second-order valence-corrected chi connectivity index (χ2v) is 5.12. The van der Waals surface area contributed by atoms with Crippen LogP contribution in [-0.4, -0.2) is 28.6 Å². The van der Waals surface area contributed by atoms with E-state index in [1.165, 1.54) is 19.4 Å². The molecule has 0 radical (unpaired) electrons. The van der Waals surface area contributed by atoms with Crippen molar-refractivity contribution in [1.29, 1.82) is 5.26 Å². The number of hydrogen-bond acceptors (Lipinski definition) is 3. The molecule has 2 rings (SSSR count). The first-order chi connectivity index (χ1) is 8.60. The van der Waals surface area contributed by atoms with E-state index in [4.69, 9.17) is 11.0 Å². The first-order valence-electron chi connectivity index (χ1n) is 6.69. The summed E-state index contributed by atoms with van der Waals surface area (Å²) in [5.41, 5.74) is 8.90. The Balaban J connectivity index is 2.27. The van der Waals surface area contributed by atoms with Crippen molar-refractivity contribution in [3.63, 3.8) is 0 Å². The van der Waals surface area contributed by atoms with Crippen molar-refractivity contribution >= 4 is 5.82 Å². The molecule has 1 aliphatic heterocycles. The second-order valence-electron chi connectivity index (χ2n) is 5.12. The fraction of sp³-hybridized carbons (Fsp3) is 0.643. The van der Waals surface area contributed by atoms with Crippen LogP contribution in [0, 0.1) is 25.2 Å². The van der Waals surface area contributed by atoms with E-state index in [1.807, 2.05) is 6.92 Å². The van der Waals surface area contributed by atoms with Gasteiger partial charge in [-0.3, -0.25) is 4.90 Å². The minimum absolute atomic E-state index is 0.564. The Labute approximate surface area is 109 Å². The van der Waals surface area contributed by atoms with E-state index >= 15 is 0 Å². The Morgan fingerprint density at radius 1 is 1.44 bits per heavy atom. The summed E-state index contributed by atoms with van der Waals surface area (Å²) in [6, 6.07) is 2.78. The maximum absolute atomic E-state index is 9.14. The van der Waals surface area contributed by atoms with Gasteiger partial charge < -0.3 is 10.3 Å². The molecule has 2 heterocycles. The van der Waals surface area contributed by atoms with E-state index in [1.54, 1.807) is 0 Å². The zero-order valence-electron chi connectivity index (χ0n) is 11.5. The lowest BCUT2D eigenvalue weighted by Gasteiger charge is -2.24. The Bertz CT molecular complexity index is 481. The summed E-state index contributed by atoms with van der Waals surface area (Å²) in [6.45, 7) is 9.43. The van der Waals surface area contributed by atoms with Crippen molar-refractivity contribution in [3.8, 4) is 6.07 Å². The fourth-order valence-electron chi connectivity index (χ4n) is 3.00. The Morgan fingerprint density at radius 2 is 2.17 bits per heavy atom. The zero-order chi connectivity index (χ0) is 13.3. The second kappa shape index (κ2) is 5.03. The van der Waals surface area contributed by atoms with Gasteiger partial charge in [-0.2, -0.15) is 5.26 Å². The number of anilines is 1. The molecule has 98 valence electrons. The van der Waals surface area contributed by atoms with Gasteiger partial charge in [0.2, 0.25) is 0 Å². The first-order valence-corrected chi connectivity index (χ1v) is 6.69. The quantitative estimate of drug-likeness (QED) is 0.888. The van der Waals surface area contributed by atoms with Crippen molar-refractivity contribution in [3.05, 3.63) is 16.8 Å². The van der Waals surface area contributed by atoms with Crippen molar-refractivity contribution in [2.24, 2.45) is 0 Å². The molecule has 1 atom stereocenters. The van der Waals surface area contributed by atoms with Gasteiger partial charge in [-0.05, 0) is 45.3 Å². The molecule has 0 bridgehead atoms. The highest BCUT2D eigenvalue weighted by atomic mass is 15.2. The van der Waals surface area contributed by atoms with Gasteiger partial charge in [0.15, 0.2) is 0 Å². The molecule has 0 aromatic carbocycles. The van der Waals surface area contributed by atoms with Gasteiger partial charge in [-0.15, -0.1) is 0 Å². The predicted molar refractivity (Wildman–Crippen MR) is 73.3 cm³/mol. The van der Waals surface area contributed by atoms with Gasteiger partial charge in [0.05, 0.1) is 5.56 Å². The standard InChI is InChI=1S/C14H22N4/c1-4-17-7-5-6-12(17)9-18-11(3)10(2)13(8-15)14(18)16/h12H,4-7,9,16H2,1-3H3/t12-/m0/s1. The summed E-state index contributed by atoms with van der Waals surface area (Å²) in [5, 5.41) is 9.14. The highest BCUT2D eigenvalue weighted by Gasteiger charge is 2.25. The number of likely N-dealkylation sites (tertiary alicyclic amines) is 1. The van der Waals surface area contributed by atoms with Crippen LogP contribution in [0.4, 0.5) is 5.82 Å². The van der Waals surface area contributed by atoms with Gasteiger partial charge in [-0.25, -0.2) is 0 Å². The summed E-state index contributed by atoms with van der Waals surface area (Å²) < 4.78 is 2.12. The zero-order valence-corrected chi connectivity index (χ0v) is 11.5. The fourth-order valence-corrected chi connectivity index (χ4v) is 3.00. The number of rotatable bonds is 3. The number of nitrogens with two attached hydrogens (primary N) is 1. The summed E-state index contributed by atoms with van der Waals surface area (Å²) in [4.78, 5) is 2.50. The molecule has 4 heteroatoms. The minimum Gasteiger partial charge on any atom is -0.384 e. The number of nitrogens with zero attached hydrogens (tertiary/aromatic N) is 3. The third-order valence-corrected chi connectivity index (χ3v) is 4.28. The number of aromatic nitrogens is 1. The largest absolute Gasteiger partial charge is 0.384 e. The van der Waals surface area contributed by atoms with Crippen LogP contribution in [0.3, 0.4) is 0 Å². The molecule has 1 aromatic rings. The lowest BCUT2D eigenvalue weighted by atomic mass is 10.2. The van der Waals surface area contributed by atoms with Gasteiger partial charge >= 0.3 is 0 Å². The monoisotopic (exact) mass is 246 g/mol. The van der Waals surface area contributed by atoms with E-state index in [-0.39, 0.29) is 0 Å². The van der Waals surface area contributed by atoms with E-state index in [0.717, 1.165) is 24.3 Å². The molecule has 4 nitrogen and oxygen atoms in total. The molecule has 1 aliphatic rings. The molecule has 18 heavy (non-hydrogen) atoms. The Morgan fingerprint density at radius 3 is 2.72 bits per heavy atom. The highest BCUT2D eigenvalue weighted by Crippen LogP contribution is 2.26. The van der Waals surface area contributed by atoms with Crippen LogP contribution in [0.5, 0.6) is 0 Å². The number of nitrogen functional groups attached to an aromatic ring is 1. The molecule has 0 aliphatic carbocycles. The lowest BCUT2D eigenvalue weighted by molar-refractivity contribution is 0.244. The molecule has 1 aromatic heterocycles. The lowest BCUT2D eigenvalue weighted by Crippen LogP contribution is -2.33. The van der Waals surface area contributed by atoms with Crippen LogP contribution in [0.2, 0.25) is 0 Å². The third kappa shape index (κ3) is 1.99.